The van der Waals surface area contributed by atoms with Crippen LogP contribution in [0.3, 0.4) is 0 Å². The second kappa shape index (κ2) is 9.69. The highest BCUT2D eigenvalue weighted by Crippen LogP contribution is 2.39. The maximum Gasteiger partial charge on any atom is 0.277 e. The van der Waals surface area contributed by atoms with Crippen molar-refractivity contribution in [3.8, 4) is 17.2 Å². The number of carbonyl (C=O) groups excluding carboxylic acids is 1. The fourth-order valence-corrected chi connectivity index (χ4v) is 2.56. The van der Waals surface area contributed by atoms with Crippen LogP contribution in [-0.4, -0.2) is 30.4 Å². The molecule has 0 saturated carbocycles. The average molecular weight is 432 g/mol. The van der Waals surface area contributed by atoms with E-state index in [9.17, 15) is 9.90 Å². The lowest BCUT2D eigenvalue weighted by Gasteiger charge is -2.11. The van der Waals surface area contributed by atoms with Gasteiger partial charge in [-0.25, -0.2) is 5.43 Å². The first-order valence-electron chi connectivity index (χ1n) is 7.88. The Morgan fingerprint density at radius 1 is 1.22 bits per heavy atom. The Kier molecular flexibility index (Phi) is 7.59. The van der Waals surface area contributed by atoms with Crippen LogP contribution in [0.2, 0.25) is 15.1 Å². The predicted octanol–water partition coefficient (Wildman–Crippen LogP) is 4.59. The summed E-state index contributed by atoms with van der Waals surface area (Å²) < 4.78 is 10.6. The molecule has 144 valence electrons. The molecule has 2 aromatic carbocycles. The fourth-order valence-electron chi connectivity index (χ4n) is 2.05. The van der Waals surface area contributed by atoms with Crippen molar-refractivity contribution in [1.82, 2.24) is 5.43 Å². The van der Waals surface area contributed by atoms with Gasteiger partial charge in [-0.15, -0.1) is 0 Å². The van der Waals surface area contributed by atoms with Gasteiger partial charge in [0.25, 0.3) is 5.91 Å². The van der Waals surface area contributed by atoms with Gasteiger partial charge < -0.3 is 14.6 Å². The normalized spacial score (nSPS) is 10.9. The van der Waals surface area contributed by atoms with Crippen molar-refractivity contribution in [3.05, 3.63) is 50.5 Å². The van der Waals surface area contributed by atoms with Crippen molar-refractivity contribution in [2.24, 2.45) is 5.10 Å². The maximum absolute atomic E-state index is 11.8. The molecule has 0 spiro atoms. The van der Waals surface area contributed by atoms with Crippen molar-refractivity contribution >= 4 is 46.9 Å². The van der Waals surface area contributed by atoms with Gasteiger partial charge in [0.1, 0.15) is 5.75 Å². The number of halogens is 3. The largest absolute Gasteiger partial charge is 0.504 e. The topological polar surface area (TPSA) is 80.2 Å². The molecule has 2 rings (SSSR count). The monoisotopic (exact) mass is 430 g/mol. The molecule has 0 heterocycles. The van der Waals surface area contributed by atoms with E-state index in [1.807, 2.05) is 6.92 Å². The number of amides is 1. The molecule has 0 radical (unpaired) electrons. The first-order chi connectivity index (χ1) is 12.8. The van der Waals surface area contributed by atoms with Crippen molar-refractivity contribution in [1.29, 1.82) is 0 Å². The number of phenolic OH excluding ortho intramolecular Hbond substituents is 1. The Balaban J connectivity index is 2.00. The third-order valence-electron chi connectivity index (χ3n) is 3.37. The molecule has 2 aromatic rings. The number of benzene rings is 2. The Bertz CT molecular complexity index is 872. The van der Waals surface area contributed by atoms with E-state index in [4.69, 9.17) is 44.3 Å². The molecule has 0 aliphatic carbocycles. The smallest absolute Gasteiger partial charge is 0.277 e. The van der Waals surface area contributed by atoms with E-state index in [-0.39, 0.29) is 33.7 Å². The number of rotatable bonds is 7. The first-order valence-corrected chi connectivity index (χ1v) is 9.01. The SMILES string of the molecule is CCOc1cc(Cl)c(Cl)c(/C=N/NC(=O)COc2ccc(Cl)c(C)c2)c1O. The Morgan fingerprint density at radius 2 is 1.96 bits per heavy atom. The van der Waals surface area contributed by atoms with E-state index in [2.05, 4.69) is 10.5 Å². The highest BCUT2D eigenvalue weighted by molar-refractivity contribution is 6.43. The van der Waals surface area contributed by atoms with Gasteiger partial charge in [-0.2, -0.15) is 5.10 Å². The molecule has 6 nitrogen and oxygen atoms in total. The third-order valence-corrected chi connectivity index (χ3v) is 4.60. The van der Waals surface area contributed by atoms with E-state index in [0.717, 1.165) is 5.56 Å². The minimum atomic E-state index is -0.499. The van der Waals surface area contributed by atoms with Crippen molar-refractivity contribution < 1.29 is 19.4 Å². The number of aryl methyl sites for hydroxylation is 1. The molecule has 0 bridgehead atoms. The minimum Gasteiger partial charge on any atom is -0.504 e. The number of aromatic hydroxyl groups is 1. The number of hydrazone groups is 1. The van der Waals surface area contributed by atoms with E-state index >= 15 is 0 Å². The van der Waals surface area contributed by atoms with Crippen LogP contribution in [0, 0.1) is 6.92 Å². The van der Waals surface area contributed by atoms with Crippen LogP contribution in [0.25, 0.3) is 0 Å². The average Bonchev–Trinajstić information content (AvgIpc) is 2.63. The summed E-state index contributed by atoms with van der Waals surface area (Å²) in [6.07, 6.45) is 1.18. The van der Waals surface area contributed by atoms with Crippen LogP contribution in [0.1, 0.15) is 18.1 Å². The molecule has 0 aliphatic heterocycles. The number of ether oxygens (including phenoxy) is 2. The molecule has 27 heavy (non-hydrogen) atoms. The van der Waals surface area contributed by atoms with Gasteiger partial charge in [0.2, 0.25) is 0 Å². The summed E-state index contributed by atoms with van der Waals surface area (Å²) in [5, 5.41) is 14.8. The van der Waals surface area contributed by atoms with Gasteiger partial charge in [-0.1, -0.05) is 34.8 Å². The number of carbonyl (C=O) groups is 1. The van der Waals surface area contributed by atoms with Crippen molar-refractivity contribution in [2.45, 2.75) is 13.8 Å². The lowest BCUT2D eigenvalue weighted by atomic mass is 10.2. The summed E-state index contributed by atoms with van der Waals surface area (Å²) in [7, 11) is 0. The third kappa shape index (κ3) is 5.66. The molecule has 0 aliphatic rings. The predicted molar refractivity (Wildman–Crippen MR) is 107 cm³/mol. The number of nitrogens with zero attached hydrogens (tertiary/aromatic N) is 1. The van der Waals surface area contributed by atoms with Crippen LogP contribution in [0.4, 0.5) is 0 Å². The fraction of sp³-hybridized carbons (Fsp3) is 0.222. The lowest BCUT2D eigenvalue weighted by Crippen LogP contribution is -2.24. The molecule has 1 amide bonds. The van der Waals surface area contributed by atoms with Gasteiger partial charge in [-0.3, -0.25) is 4.79 Å². The maximum atomic E-state index is 11.8. The molecular weight excluding hydrogens is 415 g/mol. The van der Waals surface area contributed by atoms with Crippen LogP contribution in [0.5, 0.6) is 17.2 Å². The highest BCUT2D eigenvalue weighted by atomic mass is 35.5. The standard InChI is InChI=1S/C18H17Cl3N2O4/c1-3-26-15-7-14(20)17(21)12(18(15)25)8-22-23-16(24)9-27-11-4-5-13(19)10(2)6-11/h4-8,25H,3,9H2,1-2H3,(H,23,24)/b22-8+. The molecule has 0 fully saturated rings. The van der Waals surface area contributed by atoms with Crippen molar-refractivity contribution in [2.75, 3.05) is 13.2 Å². The van der Waals surface area contributed by atoms with E-state index in [1.54, 1.807) is 25.1 Å². The molecule has 2 N–H and O–H groups in total. The van der Waals surface area contributed by atoms with Crippen LogP contribution < -0.4 is 14.9 Å². The highest BCUT2D eigenvalue weighted by Gasteiger charge is 2.15. The summed E-state index contributed by atoms with van der Waals surface area (Å²) in [6.45, 7) is 3.67. The van der Waals surface area contributed by atoms with Gasteiger partial charge >= 0.3 is 0 Å². The molecule has 9 heteroatoms. The summed E-state index contributed by atoms with van der Waals surface area (Å²) in [5.74, 6) is -0.0484. The van der Waals surface area contributed by atoms with Crippen LogP contribution in [-0.2, 0) is 4.79 Å². The van der Waals surface area contributed by atoms with E-state index in [0.29, 0.717) is 17.4 Å². The van der Waals surface area contributed by atoms with Gasteiger partial charge in [0.05, 0.1) is 28.4 Å². The Labute approximate surface area is 171 Å². The summed E-state index contributed by atoms with van der Waals surface area (Å²) >= 11 is 18.0. The van der Waals surface area contributed by atoms with Crippen LogP contribution in [0.15, 0.2) is 29.4 Å². The lowest BCUT2D eigenvalue weighted by molar-refractivity contribution is -0.123. The van der Waals surface area contributed by atoms with Gasteiger partial charge in [0.15, 0.2) is 18.1 Å². The second-order valence-corrected chi connectivity index (χ2v) is 6.55. The van der Waals surface area contributed by atoms with Gasteiger partial charge in [0, 0.05) is 11.1 Å². The Morgan fingerprint density at radius 3 is 2.63 bits per heavy atom. The van der Waals surface area contributed by atoms with E-state index in [1.165, 1.54) is 12.3 Å². The molecule has 0 saturated heterocycles. The summed E-state index contributed by atoms with van der Waals surface area (Å²) in [5.41, 5.74) is 3.24. The van der Waals surface area contributed by atoms with Crippen LogP contribution >= 0.6 is 34.8 Å². The number of phenols is 1. The Hall–Kier alpha value is -2.15. The second-order valence-electron chi connectivity index (χ2n) is 5.36. The summed E-state index contributed by atoms with van der Waals surface area (Å²) in [6, 6.07) is 6.46. The zero-order valence-electron chi connectivity index (χ0n) is 14.6. The van der Waals surface area contributed by atoms with Gasteiger partial charge in [-0.05, 0) is 37.6 Å². The first kappa shape index (κ1) is 21.2. The quantitative estimate of drug-likeness (QED) is 0.496. The number of hydrogen-bond acceptors (Lipinski definition) is 5. The minimum absolute atomic E-state index is 0.0866. The zero-order valence-corrected chi connectivity index (χ0v) is 16.8. The van der Waals surface area contributed by atoms with E-state index < -0.39 is 5.91 Å². The number of nitrogens with one attached hydrogen (secondary N) is 1. The molecule has 0 atom stereocenters. The molecular formula is C18H17Cl3N2O4. The molecule has 0 unspecified atom stereocenters. The summed E-state index contributed by atoms with van der Waals surface area (Å²) in [4.78, 5) is 11.8. The van der Waals surface area contributed by atoms with Crippen molar-refractivity contribution in [3.63, 3.8) is 0 Å². The number of hydrogen-bond donors (Lipinski definition) is 2. The molecule has 0 aromatic heterocycles. The zero-order chi connectivity index (χ0) is 20.0.